The largest absolute Gasteiger partial charge is 0.356 e. The number of rotatable bonds is 7. The summed E-state index contributed by atoms with van der Waals surface area (Å²) in [5.41, 5.74) is 0.392. The molecule has 8 heteroatoms. The first-order valence-electron chi connectivity index (χ1n) is 9.97. The zero-order valence-electron chi connectivity index (χ0n) is 16.6. The average Bonchev–Trinajstić information content (AvgIpc) is 2.77. The van der Waals surface area contributed by atoms with E-state index >= 15 is 0 Å². The van der Waals surface area contributed by atoms with Crippen molar-refractivity contribution in [1.29, 1.82) is 0 Å². The molecule has 1 unspecified atom stereocenters. The standard InChI is InChI=1S/C22H25FN2O4S/c23-19-11-9-17(10-12-19)22(27)25-14-4-6-18(16-25)21(26)24-13-5-15-30(28,29)20-7-2-1-3-8-20/h1-3,7-12,18H,4-6,13-16H2,(H,24,26). The highest BCUT2D eigenvalue weighted by Crippen LogP contribution is 2.19. The Morgan fingerprint density at radius 1 is 1.07 bits per heavy atom. The fourth-order valence-corrected chi connectivity index (χ4v) is 4.85. The summed E-state index contributed by atoms with van der Waals surface area (Å²) in [4.78, 5) is 27.0. The van der Waals surface area contributed by atoms with E-state index in [-0.39, 0.29) is 34.9 Å². The lowest BCUT2D eigenvalue weighted by Crippen LogP contribution is -2.45. The first kappa shape index (κ1) is 22.0. The molecule has 160 valence electrons. The highest BCUT2D eigenvalue weighted by Gasteiger charge is 2.28. The molecule has 1 aliphatic heterocycles. The molecule has 1 N–H and O–H groups in total. The summed E-state index contributed by atoms with van der Waals surface area (Å²) in [6, 6.07) is 13.6. The Morgan fingerprint density at radius 3 is 2.47 bits per heavy atom. The van der Waals surface area contributed by atoms with Crippen molar-refractivity contribution in [2.75, 3.05) is 25.4 Å². The van der Waals surface area contributed by atoms with E-state index in [0.29, 0.717) is 37.9 Å². The molecule has 3 rings (SSSR count). The predicted molar refractivity (Wildman–Crippen MR) is 111 cm³/mol. The van der Waals surface area contributed by atoms with Gasteiger partial charge in [-0.3, -0.25) is 9.59 Å². The van der Waals surface area contributed by atoms with Crippen LogP contribution in [0.5, 0.6) is 0 Å². The van der Waals surface area contributed by atoms with E-state index in [4.69, 9.17) is 0 Å². The van der Waals surface area contributed by atoms with Crippen molar-refractivity contribution in [3.63, 3.8) is 0 Å². The summed E-state index contributed by atoms with van der Waals surface area (Å²) < 4.78 is 37.6. The molecule has 1 aliphatic rings. The van der Waals surface area contributed by atoms with Crippen LogP contribution < -0.4 is 5.32 Å². The van der Waals surface area contributed by atoms with Crippen LogP contribution in [0.25, 0.3) is 0 Å². The smallest absolute Gasteiger partial charge is 0.253 e. The number of hydrogen-bond acceptors (Lipinski definition) is 4. The Kier molecular flexibility index (Phi) is 7.20. The Bertz CT molecular complexity index is 978. The minimum Gasteiger partial charge on any atom is -0.356 e. The van der Waals surface area contributed by atoms with Crippen molar-refractivity contribution in [2.45, 2.75) is 24.2 Å². The van der Waals surface area contributed by atoms with Crippen LogP contribution in [0.4, 0.5) is 4.39 Å². The molecule has 0 aromatic heterocycles. The molecular formula is C22H25FN2O4S. The van der Waals surface area contributed by atoms with Gasteiger partial charge in [0.05, 0.1) is 16.6 Å². The number of carbonyl (C=O) groups excluding carboxylic acids is 2. The van der Waals surface area contributed by atoms with E-state index in [2.05, 4.69) is 5.32 Å². The van der Waals surface area contributed by atoms with E-state index in [1.54, 1.807) is 35.2 Å². The fourth-order valence-electron chi connectivity index (χ4n) is 3.51. The number of amides is 2. The maximum Gasteiger partial charge on any atom is 0.253 e. The van der Waals surface area contributed by atoms with Gasteiger partial charge in [0.2, 0.25) is 5.91 Å². The van der Waals surface area contributed by atoms with Crippen LogP contribution in [0.2, 0.25) is 0 Å². The van der Waals surface area contributed by atoms with Gasteiger partial charge in [-0.2, -0.15) is 0 Å². The zero-order chi connectivity index (χ0) is 21.6. The number of sulfone groups is 1. The molecule has 30 heavy (non-hydrogen) atoms. The molecule has 0 bridgehead atoms. The highest BCUT2D eigenvalue weighted by atomic mass is 32.2. The van der Waals surface area contributed by atoms with E-state index in [1.807, 2.05) is 0 Å². The summed E-state index contributed by atoms with van der Waals surface area (Å²) in [5.74, 6) is -1.19. The van der Waals surface area contributed by atoms with Crippen LogP contribution in [-0.2, 0) is 14.6 Å². The van der Waals surface area contributed by atoms with Crippen LogP contribution >= 0.6 is 0 Å². The topological polar surface area (TPSA) is 83.6 Å². The number of likely N-dealkylation sites (tertiary alicyclic amines) is 1. The second-order valence-corrected chi connectivity index (χ2v) is 9.48. The third kappa shape index (κ3) is 5.66. The second kappa shape index (κ2) is 9.84. The molecule has 1 fully saturated rings. The molecular weight excluding hydrogens is 407 g/mol. The SMILES string of the molecule is O=C(NCCCS(=O)(=O)c1ccccc1)C1CCCN(C(=O)c2ccc(F)cc2)C1. The van der Waals surface area contributed by atoms with Crippen LogP contribution in [0.15, 0.2) is 59.5 Å². The highest BCUT2D eigenvalue weighted by molar-refractivity contribution is 7.91. The number of carbonyl (C=O) groups is 2. The third-order valence-electron chi connectivity index (χ3n) is 5.16. The summed E-state index contributed by atoms with van der Waals surface area (Å²) >= 11 is 0. The van der Waals surface area contributed by atoms with Crippen molar-refractivity contribution >= 4 is 21.7 Å². The van der Waals surface area contributed by atoms with Crippen LogP contribution in [0, 0.1) is 11.7 Å². The number of piperidine rings is 1. The first-order valence-corrected chi connectivity index (χ1v) is 11.6. The Labute approximate surface area is 176 Å². The number of halogens is 1. The molecule has 2 aromatic rings. The fraction of sp³-hybridized carbons (Fsp3) is 0.364. The third-order valence-corrected chi connectivity index (χ3v) is 6.98. The van der Waals surface area contributed by atoms with Gasteiger partial charge in [0.15, 0.2) is 9.84 Å². The monoisotopic (exact) mass is 432 g/mol. The van der Waals surface area contributed by atoms with Crippen molar-refractivity contribution in [2.24, 2.45) is 5.92 Å². The van der Waals surface area contributed by atoms with Gasteiger partial charge in [0, 0.05) is 25.2 Å². The van der Waals surface area contributed by atoms with Crippen molar-refractivity contribution in [3.8, 4) is 0 Å². The van der Waals surface area contributed by atoms with Gasteiger partial charge in [-0.15, -0.1) is 0 Å². The average molecular weight is 433 g/mol. The van der Waals surface area contributed by atoms with E-state index in [0.717, 1.165) is 0 Å². The predicted octanol–water partition coefficient (Wildman–Crippen LogP) is 2.66. The second-order valence-electron chi connectivity index (χ2n) is 7.37. The minimum absolute atomic E-state index is 0.0445. The normalized spacial score (nSPS) is 16.8. The Balaban J connectivity index is 1.47. The Morgan fingerprint density at radius 2 is 1.77 bits per heavy atom. The molecule has 0 aliphatic carbocycles. The Hall–Kier alpha value is -2.74. The number of hydrogen-bond donors (Lipinski definition) is 1. The first-order chi connectivity index (χ1) is 14.4. The molecule has 6 nitrogen and oxygen atoms in total. The molecule has 1 atom stereocenters. The van der Waals surface area contributed by atoms with Gasteiger partial charge in [0.25, 0.3) is 5.91 Å². The summed E-state index contributed by atoms with van der Waals surface area (Å²) in [5, 5.41) is 2.79. The van der Waals surface area contributed by atoms with Gasteiger partial charge >= 0.3 is 0 Å². The lowest BCUT2D eigenvalue weighted by molar-refractivity contribution is -0.126. The van der Waals surface area contributed by atoms with Gasteiger partial charge in [-0.25, -0.2) is 12.8 Å². The molecule has 0 spiro atoms. The molecule has 2 aromatic carbocycles. The molecule has 0 saturated carbocycles. The van der Waals surface area contributed by atoms with Crippen molar-refractivity contribution in [3.05, 3.63) is 66.0 Å². The lowest BCUT2D eigenvalue weighted by atomic mass is 9.96. The maximum atomic E-state index is 13.1. The number of nitrogens with zero attached hydrogens (tertiary/aromatic N) is 1. The number of nitrogens with one attached hydrogen (secondary N) is 1. The van der Waals surface area contributed by atoms with Gasteiger partial charge < -0.3 is 10.2 Å². The van der Waals surface area contributed by atoms with E-state index in [1.165, 1.54) is 24.3 Å². The van der Waals surface area contributed by atoms with Gasteiger partial charge in [-0.1, -0.05) is 18.2 Å². The maximum absolute atomic E-state index is 13.1. The molecule has 1 heterocycles. The minimum atomic E-state index is -3.37. The molecule has 0 radical (unpaired) electrons. The van der Waals surface area contributed by atoms with Crippen molar-refractivity contribution in [1.82, 2.24) is 10.2 Å². The summed E-state index contributed by atoms with van der Waals surface area (Å²) in [7, 11) is -3.37. The summed E-state index contributed by atoms with van der Waals surface area (Å²) in [6.07, 6.45) is 1.68. The molecule has 1 saturated heterocycles. The lowest BCUT2D eigenvalue weighted by Gasteiger charge is -2.32. The van der Waals surface area contributed by atoms with Gasteiger partial charge in [0.1, 0.15) is 5.82 Å². The van der Waals surface area contributed by atoms with Gasteiger partial charge in [-0.05, 0) is 55.7 Å². The zero-order valence-corrected chi connectivity index (χ0v) is 17.4. The van der Waals surface area contributed by atoms with Crippen molar-refractivity contribution < 1.29 is 22.4 Å². The van der Waals surface area contributed by atoms with Crippen LogP contribution in [0.1, 0.15) is 29.6 Å². The summed E-state index contributed by atoms with van der Waals surface area (Å²) in [6.45, 7) is 1.10. The molecule has 2 amide bonds. The van der Waals surface area contributed by atoms with Crippen LogP contribution in [-0.4, -0.2) is 50.5 Å². The number of benzene rings is 2. The van der Waals surface area contributed by atoms with Crippen LogP contribution in [0.3, 0.4) is 0 Å². The quantitative estimate of drug-likeness (QED) is 0.682. The van der Waals surface area contributed by atoms with E-state index in [9.17, 15) is 22.4 Å². The van der Waals surface area contributed by atoms with E-state index < -0.39 is 15.7 Å².